The molecule has 1 aliphatic carbocycles. The normalized spacial score (nSPS) is 16.4. The molecule has 4 nitrogen and oxygen atoms in total. The van der Waals surface area contributed by atoms with Crippen LogP contribution in [0.4, 0.5) is 0 Å². The Morgan fingerprint density at radius 3 is 2.89 bits per heavy atom. The maximum Gasteiger partial charge on any atom is 0.320 e. The zero-order chi connectivity index (χ0) is 13.8. The Hall–Kier alpha value is -1.07. The van der Waals surface area contributed by atoms with Gasteiger partial charge in [0.05, 0.1) is 0 Å². The Bertz CT molecular complexity index is 448. The van der Waals surface area contributed by atoms with Gasteiger partial charge >= 0.3 is 5.97 Å². The van der Waals surface area contributed by atoms with E-state index in [1.165, 1.54) is 0 Å². The van der Waals surface area contributed by atoms with Gasteiger partial charge in [-0.2, -0.15) is 0 Å². The number of halogens is 1. The third-order valence-corrected chi connectivity index (χ3v) is 3.78. The first kappa shape index (κ1) is 14.3. The summed E-state index contributed by atoms with van der Waals surface area (Å²) >= 11 is 3.39. The fourth-order valence-electron chi connectivity index (χ4n) is 2.07. The van der Waals surface area contributed by atoms with Crippen molar-refractivity contribution in [1.29, 1.82) is 0 Å². The van der Waals surface area contributed by atoms with Crippen molar-refractivity contribution in [3.63, 3.8) is 0 Å². The van der Waals surface area contributed by atoms with E-state index in [-0.39, 0.29) is 0 Å². The summed E-state index contributed by atoms with van der Waals surface area (Å²) in [5.41, 5.74) is 0. The van der Waals surface area contributed by atoms with Gasteiger partial charge in [-0.1, -0.05) is 22.0 Å². The van der Waals surface area contributed by atoms with Gasteiger partial charge in [-0.25, -0.2) is 0 Å². The van der Waals surface area contributed by atoms with Crippen molar-refractivity contribution in [2.75, 3.05) is 13.2 Å². The Morgan fingerprint density at radius 1 is 1.58 bits per heavy atom. The maximum absolute atomic E-state index is 11.1. The minimum absolute atomic E-state index is 0.414. The van der Waals surface area contributed by atoms with Crippen LogP contribution in [-0.4, -0.2) is 41.2 Å². The number of carboxylic acid groups (broad SMARTS) is 1. The maximum atomic E-state index is 11.1. The molecule has 2 rings (SSSR count). The van der Waals surface area contributed by atoms with Gasteiger partial charge in [-0.05, 0) is 38.0 Å². The fourth-order valence-corrected chi connectivity index (χ4v) is 2.44. The molecule has 0 amide bonds. The van der Waals surface area contributed by atoms with Gasteiger partial charge in [0.15, 0.2) is 0 Å². The summed E-state index contributed by atoms with van der Waals surface area (Å²) in [4.78, 5) is 13.1. The molecule has 1 atom stereocenters. The zero-order valence-corrected chi connectivity index (χ0v) is 12.5. The molecule has 0 radical (unpaired) electrons. The van der Waals surface area contributed by atoms with Crippen LogP contribution in [-0.2, 0) is 4.79 Å². The molecule has 1 unspecified atom stereocenters. The van der Waals surface area contributed by atoms with E-state index in [0.29, 0.717) is 19.2 Å². The summed E-state index contributed by atoms with van der Waals surface area (Å²) in [5.74, 6) is 0.0301. The standard InChI is InChI=1S/C14H18BrNO3/c1-10(14(17)18)16(12-5-6-12)7-8-19-13-4-2-3-11(15)9-13/h2-4,9-10,12H,5-8H2,1H3,(H,17,18). The van der Waals surface area contributed by atoms with Crippen molar-refractivity contribution in [3.05, 3.63) is 28.7 Å². The van der Waals surface area contributed by atoms with E-state index in [1.807, 2.05) is 29.2 Å². The van der Waals surface area contributed by atoms with Crippen LogP contribution in [0.1, 0.15) is 19.8 Å². The largest absolute Gasteiger partial charge is 0.492 e. The minimum atomic E-state index is -0.769. The van der Waals surface area contributed by atoms with E-state index in [0.717, 1.165) is 23.1 Å². The molecule has 5 heteroatoms. The van der Waals surface area contributed by atoms with E-state index >= 15 is 0 Å². The van der Waals surface area contributed by atoms with Gasteiger partial charge in [0, 0.05) is 17.1 Å². The molecule has 1 fully saturated rings. The molecular formula is C14H18BrNO3. The molecule has 0 aliphatic heterocycles. The fraction of sp³-hybridized carbons (Fsp3) is 0.500. The molecule has 0 heterocycles. The predicted molar refractivity (Wildman–Crippen MR) is 76.5 cm³/mol. The highest BCUT2D eigenvalue weighted by Crippen LogP contribution is 2.28. The Kier molecular flexibility index (Phi) is 4.82. The Morgan fingerprint density at radius 2 is 2.32 bits per heavy atom. The lowest BCUT2D eigenvalue weighted by molar-refractivity contribution is -0.143. The number of benzene rings is 1. The number of ether oxygens (including phenoxy) is 1. The van der Waals surface area contributed by atoms with Crippen LogP contribution in [0.3, 0.4) is 0 Å². The monoisotopic (exact) mass is 327 g/mol. The van der Waals surface area contributed by atoms with Gasteiger partial charge in [-0.3, -0.25) is 9.69 Å². The molecule has 1 saturated carbocycles. The average Bonchev–Trinajstić information content (AvgIpc) is 3.18. The molecule has 0 aromatic heterocycles. The molecule has 0 saturated heterocycles. The van der Waals surface area contributed by atoms with Crippen LogP contribution in [0.15, 0.2) is 28.7 Å². The lowest BCUT2D eigenvalue weighted by atomic mass is 10.2. The second-order valence-corrected chi connectivity index (χ2v) is 5.70. The van der Waals surface area contributed by atoms with Crippen molar-refractivity contribution in [2.24, 2.45) is 0 Å². The summed E-state index contributed by atoms with van der Waals surface area (Å²) in [6.07, 6.45) is 2.18. The average molecular weight is 328 g/mol. The smallest absolute Gasteiger partial charge is 0.320 e. The number of nitrogens with zero attached hydrogens (tertiary/aromatic N) is 1. The third-order valence-electron chi connectivity index (χ3n) is 3.29. The molecule has 1 aliphatic rings. The van der Waals surface area contributed by atoms with Crippen molar-refractivity contribution in [3.8, 4) is 5.75 Å². The van der Waals surface area contributed by atoms with Gasteiger partial charge in [0.2, 0.25) is 0 Å². The quantitative estimate of drug-likeness (QED) is 0.836. The van der Waals surface area contributed by atoms with Crippen LogP contribution in [0.25, 0.3) is 0 Å². The molecule has 19 heavy (non-hydrogen) atoms. The highest BCUT2D eigenvalue weighted by Gasteiger charge is 2.34. The van der Waals surface area contributed by atoms with Crippen molar-refractivity contribution in [1.82, 2.24) is 4.90 Å². The first-order valence-corrected chi connectivity index (χ1v) is 7.24. The molecule has 0 spiro atoms. The highest BCUT2D eigenvalue weighted by atomic mass is 79.9. The number of hydrogen-bond donors (Lipinski definition) is 1. The van der Waals surface area contributed by atoms with E-state index in [4.69, 9.17) is 9.84 Å². The second-order valence-electron chi connectivity index (χ2n) is 4.79. The van der Waals surface area contributed by atoms with E-state index in [2.05, 4.69) is 15.9 Å². The summed E-state index contributed by atoms with van der Waals surface area (Å²) in [5, 5.41) is 9.09. The summed E-state index contributed by atoms with van der Waals surface area (Å²) in [6.45, 7) is 2.88. The number of carbonyl (C=O) groups is 1. The zero-order valence-electron chi connectivity index (χ0n) is 10.9. The minimum Gasteiger partial charge on any atom is -0.492 e. The lowest BCUT2D eigenvalue weighted by Gasteiger charge is -2.25. The predicted octanol–water partition coefficient (Wildman–Crippen LogP) is 2.77. The molecule has 1 aromatic rings. The number of aliphatic carboxylic acids is 1. The van der Waals surface area contributed by atoms with Crippen LogP contribution >= 0.6 is 15.9 Å². The third kappa shape index (κ3) is 4.21. The SMILES string of the molecule is CC(C(=O)O)N(CCOc1cccc(Br)c1)C1CC1. The molecular weight excluding hydrogens is 310 g/mol. The van der Waals surface area contributed by atoms with E-state index < -0.39 is 12.0 Å². The summed E-state index contributed by atoms with van der Waals surface area (Å²) < 4.78 is 6.64. The number of carboxylic acids is 1. The number of rotatable bonds is 7. The first-order chi connectivity index (χ1) is 9.08. The molecule has 0 bridgehead atoms. The van der Waals surface area contributed by atoms with Crippen LogP contribution in [0.2, 0.25) is 0 Å². The number of hydrogen-bond acceptors (Lipinski definition) is 3. The lowest BCUT2D eigenvalue weighted by Crippen LogP contribution is -2.42. The van der Waals surface area contributed by atoms with Crippen LogP contribution < -0.4 is 4.74 Å². The summed E-state index contributed by atoms with van der Waals surface area (Å²) in [6, 6.07) is 7.62. The summed E-state index contributed by atoms with van der Waals surface area (Å²) in [7, 11) is 0. The van der Waals surface area contributed by atoms with Crippen LogP contribution in [0.5, 0.6) is 5.75 Å². The topological polar surface area (TPSA) is 49.8 Å². The first-order valence-electron chi connectivity index (χ1n) is 6.45. The molecule has 1 aromatic carbocycles. The van der Waals surface area contributed by atoms with Gasteiger partial charge in [0.25, 0.3) is 0 Å². The van der Waals surface area contributed by atoms with Gasteiger partial charge in [0.1, 0.15) is 18.4 Å². The van der Waals surface area contributed by atoms with Gasteiger partial charge in [-0.15, -0.1) is 0 Å². The van der Waals surface area contributed by atoms with E-state index in [1.54, 1.807) is 6.92 Å². The van der Waals surface area contributed by atoms with Crippen molar-refractivity contribution in [2.45, 2.75) is 31.8 Å². The van der Waals surface area contributed by atoms with E-state index in [9.17, 15) is 4.79 Å². The Balaban J connectivity index is 1.84. The Labute approximate surface area is 121 Å². The van der Waals surface area contributed by atoms with Crippen LogP contribution in [0, 0.1) is 0 Å². The second kappa shape index (κ2) is 6.39. The highest BCUT2D eigenvalue weighted by molar-refractivity contribution is 9.10. The molecule has 1 N–H and O–H groups in total. The van der Waals surface area contributed by atoms with Crippen molar-refractivity contribution < 1.29 is 14.6 Å². The molecule has 104 valence electrons. The van der Waals surface area contributed by atoms with Gasteiger partial charge < -0.3 is 9.84 Å². The van der Waals surface area contributed by atoms with Crippen molar-refractivity contribution >= 4 is 21.9 Å².